The van der Waals surface area contributed by atoms with E-state index in [1.54, 1.807) is 14.0 Å². The lowest BCUT2D eigenvalue weighted by Gasteiger charge is -2.36. The van der Waals surface area contributed by atoms with Crippen molar-refractivity contribution < 1.29 is 14.3 Å². The number of aryl methyl sites for hydroxylation is 1. The third-order valence-electron chi connectivity index (χ3n) is 7.78. The lowest BCUT2D eigenvalue weighted by molar-refractivity contribution is -0.129. The topological polar surface area (TPSA) is 77.7 Å². The standard InChI is InChI=1S/C27H34N6O3/c1-18(34)31-8-6-26-24(15-31)27(29-33(26)23-7-9-36-17-23)32-13-19(16-35-3)10-21-11-20(4-5-25(21)32)22-12-28-30(2)14-22/h4-5,11-12,14,19,23H,6-10,13,15-17H2,1-3H3/t19?,23-/m0/s1. The Balaban J connectivity index is 1.45. The van der Waals surface area contributed by atoms with Gasteiger partial charge in [-0.25, -0.2) is 0 Å². The molecule has 0 bridgehead atoms. The van der Waals surface area contributed by atoms with E-state index in [1.165, 1.54) is 28.1 Å². The molecule has 3 aliphatic heterocycles. The normalized spacial score (nSPS) is 21.5. The zero-order chi connectivity index (χ0) is 24.8. The monoisotopic (exact) mass is 490 g/mol. The minimum Gasteiger partial charge on any atom is -0.384 e. The number of hydrogen-bond donors (Lipinski definition) is 0. The van der Waals surface area contributed by atoms with Gasteiger partial charge in [0.2, 0.25) is 5.91 Å². The SMILES string of the molecule is COCC1Cc2cc(-c3cnn(C)c3)ccc2N(c2nn([C@H]3CCOC3)c3c2CN(C(C)=O)CC3)C1. The predicted molar refractivity (Wildman–Crippen MR) is 136 cm³/mol. The molecule has 0 radical (unpaired) electrons. The van der Waals surface area contributed by atoms with Crippen molar-refractivity contribution in [1.29, 1.82) is 0 Å². The summed E-state index contributed by atoms with van der Waals surface area (Å²) in [6, 6.07) is 6.94. The highest BCUT2D eigenvalue weighted by Gasteiger charge is 2.35. The number of anilines is 2. The van der Waals surface area contributed by atoms with Crippen LogP contribution >= 0.6 is 0 Å². The fourth-order valence-electron chi connectivity index (χ4n) is 5.97. The Kier molecular flexibility index (Phi) is 6.05. The Labute approximate surface area is 211 Å². The lowest BCUT2D eigenvalue weighted by Crippen LogP contribution is -2.37. The molecular formula is C27H34N6O3. The van der Waals surface area contributed by atoms with E-state index in [1.807, 2.05) is 29.0 Å². The molecule has 1 aromatic carbocycles. The van der Waals surface area contributed by atoms with Crippen molar-refractivity contribution in [3.8, 4) is 11.1 Å². The molecule has 3 aliphatic rings. The van der Waals surface area contributed by atoms with Crippen LogP contribution in [0.3, 0.4) is 0 Å². The van der Waals surface area contributed by atoms with Gasteiger partial charge >= 0.3 is 0 Å². The fourth-order valence-corrected chi connectivity index (χ4v) is 5.97. The second-order valence-electron chi connectivity index (χ2n) is 10.3. The molecule has 0 aliphatic carbocycles. The summed E-state index contributed by atoms with van der Waals surface area (Å²) < 4.78 is 15.4. The molecule has 1 amide bonds. The van der Waals surface area contributed by atoms with E-state index in [4.69, 9.17) is 14.6 Å². The third kappa shape index (κ3) is 4.10. The number of carbonyl (C=O) groups is 1. The number of amides is 1. The molecule has 6 rings (SSSR count). The summed E-state index contributed by atoms with van der Waals surface area (Å²) in [5.74, 6) is 1.43. The van der Waals surface area contributed by atoms with Crippen LogP contribution in [0.25, 0.3) is 11.1 Å². The van der Waals surface area contributed by atoms with Crippen molar-refractivity contribution in [2.24, 2.45) is 13.0 Å². The van der Waals surface area contributed by atoms with E-state index in [-0.39, 0.29) is 11.9 Å². The summed E-state index contributed by atoms with van der Waals surface area (Å²) in [5.41, 5.74) is 7.17. The van der Waals surface area contributed by atoms with Gasteiger partial charge in [0.15, 0.2) is 5.82 Å². The summed E-state index contributed by atoms with van der Waals surface area (Å²) in [6.45, 7) is 5.98. The van der Waals surface area contributed by atoms with Crippen LogP contribution in [0.4, 0.5) is 11.5 Å². The Morgan fingerprint density at radius 1 is 1.28 bits per heavy atom. The second kappa shape index (κ2) is 9.37. The molecule has 2 aromatic heterocycles. The Morgan fingerprint density at radius 3 is 2.89 bits per heavy atom. The molecule has 0 saturated carbocycles. The highest BCUT2D eigenvalue weighted by molar-refractivity contribution is 5.76. The molecule has 36 heavy (non-hydrogen) atoms. The van der Waals surface area contributed by atoms with Gasteiger partial charge in [-0.3, -0.25) is 14.2 Å². The van der Waals surface area contributed by atoms with Crippen molar-refractivity contribution in [2.45, 2.75) is 38.8 Å². The van der Waals surface area contributed by atoms with E-state index in [0.29, 0.717) is 25.7 Å². The summed E-state index contributed by atoms with van der Waals surface area (Å²) in [7, 11) is 3.71. The first kappa shape index (κ1) is 23.2. The van der Waals surface area contributed by atoms with E-state index in [0.717, 1.165) is 50.3 Å². The first-order valence-electron chi connectivity index (χ1n) is 12.8. The first-order valence-corrected chi connectivity index (χ1v) is 12.8. The van der Waals surface area contributed by atoms with E-state index < -0.39 is 0 Å². The molecule has 9 nitrogen and oxygen atoms in total. The molecule has 1 saturated heterocycles. The number of fused-ring (bicyclic) bond motifs is 2. The number of nitrogens with zero attached hydrogens (tertiary/aromatic N) is 6. The van der Waals surface area contributed by atoms with Crippen molar-refractivity contribution in [3.05, 3.63) is 47.4 Å². The number of carbonyl (C=O) groups excluding carboxylic acids is 1. The van der Waals surface area contributed by atoms with Gasteiger partial charge in [-0.2, -0.15) is 10.2 Å². The van der Waals surface area contributed by atoms with Gasteiger partial charge in [0.1, 0.15) is 0 Å². The fraction of sp³-hybridized carbons (Fsp3) is 0.519. The Bertz CT molecular complexity index is 1270. The maximum atomic E-state index is 12.3. The van der Waals surface area contributed by atoms with Crippen LogP contribution in [-0.4, -0.2) is 70.4 Å². The highest BCUT2D eigenvalue weighted by atomic mass is 16.5. The highest BCUT2D eigenvalue weighted by Crippen LogP contribution is 2.41. The first-order chi connectivity index (χ1) is 17.5. The molecular weight excluding hydrogens is 456 g/mol. The van der Waals surface area contributed by atoms with Crippen LogP contribution in [0, 0.1) is 5.92 Å². The van der Waals surface area contributed by atoms with E-state index >= 15 is 0 Å². The average molecular weight is 491 g/mol. The zero-order valence-corrected chi connectivity index (χ0v) is 21.3. The van der Waals surface area contributed by atoms with Crippen LogP contribution in [0.1, 0.15) is 36.2 Å². The number of hydrogen-bond acceptors (Lipinski definition) is 6. The third-order valence-corrected chi connectivity index (χ3v) is 7.78. The molecule has 1 unspecified atom stereocenters. The number of aromatic nitrogens is 4. The van der Waals surface area contributed by atoms with Gasteiger partial charge in [0.05, 0.1) is 32.0 Å². The minimum atomic E-state index is 0.112. The molecule has 2 atom stereocenters. The van der Waals surface area contributed by atoms with E-state index in [9.17, 15) is 4.79 Å². The van der Waals surface area contributed by atoms with Crippen LogP contribution in [0.15, 0.2) is 30.6 Å². The van der Waals surface area contributed by atoms with Crippen molar-refractivity contribution in [2.75, 3.05) is 44.9 Å². The zero-order valence-electron chi connectivity index (χ0n) is 21.3. The molecule has 190 valence electrons. The smallest absolute Gasteiger partial charge is 0.219 e. The van der Waals surface area contributed by atoms with Gasteiger partial charge < -0.3 is 19.3 Å². The number of ether oxygens (including phenoxy) is 2. The summed E-state index contributed by atoms with van der Waals surface area (Å²) >= 11 is 0. The van der Waals surface area contributed by atoms with Crippen molar-refractivity contribution >= 4 is 17.4 Å². The quantitative estimate of drug-likeness (QED) is 0.547. The second-order valence-corrected chi connectivity index (χ2v) is 10.3. The van der Waals surface area contributed by atoms with Gasteiger partial charge in [-0.15, -0.1) is 0 Å². The molecule has 5 heterocycles. The van der Waals surface area contributed by atoms with Gasteiger partial charge in [-0.05, 0) is 36.1 Å². The Morgan fingerprint density at radius 2 is 2.17 bits per heavy atom. The molecule has 0 N–H and O–H groups in total. The maximum Gasteiger partial charge on any atom is 0.219 e. The summed E-state index contributed by atoms with van der Waals surface area (Å²) in [5, 5.41) is 9.59. The Hall–Kier alpha value is -3.17. The van der Waals surface area contributed by atoms with E-state index in [2.05, 4.69) is 32.9 Å². The van der Waals surface area contributed by atoms with Crippen LogP contribution < -0.4 is 4.90 Å². The van der Waals surface area contributed by atoms with Gasteiger partial charge in [0, 0.05) is 81.8 Å². The van der Waals surface area contributed by atoms with Crippen LogP contribution in [-0.2, 0) is 40.7 Å². The summed E-state index contributed by atoms with van der Waals surface area (Å²) in [6.07, 6.45) is 6.70. The maximum absolute atomic E-state index is 12.3. The summed E-state index contributed by atoms with van der Waals surface area (Å²) in [4.78, 5) is 16.6. The van der Waals surface area contributed by atoms with Gasteiger partial charge in [0.25, 0.3) is 0 Å². The largest absolute Gasteiger partial charge is 0.384 e. The predicted octanol–water partition coefficient (Wildman–Crippen LogP) is 3.11. The van der Waals surface area contributed by atoms with Crippen LogP contribution in [0.5, 0.6) is 0 Å². The molecule has 9 heteroatoms. The number of benzene rings is 1. The average Bonchev–Trinajstić information content (AvgIpc) is 3.63. The molecule has 1 fully saturated rings. The van der Waals surface area contributed by atoms with Gasteiger partial charge in [-0.1, -0.05) is 6.07 Å². The molecule has 0 spiro atoms. The van der Waals surface area contributed by atoms with Crippen molar-refractivity contribution in [3.63, 3.8) is 0 Å². The minimum absolute atomic E-state index is 0.112. The molecule has 3 aromatic rings. The number of methoxy groups -OCH3 is 1. The lowest BCUT2D eigenvalue weighted by atomic mass is 9.90. The van der Waals surface area contributed by atoms with Crippen LogP contribution in [0.2, 0.25) is 0 Å². The van der Waals surface area contributed by atoms with Crippen molar-refractivity contribution in [1.82, 2.24) is 24.5 Å². The number of rotatable bonds is 5.